The summed E-state index contributed by atoms with van der Waals surface area (Å²) in [7, 11) is 0.0248. The minimum Gasteiger partial charge on any atom is -0.436 e. The Morgan fingerprint density at radius 2 is 1.95 bits per heavy atom. The first-order valence-corrected chi connectivity index (χ1v) is 14.0. The smallest absolute Gasteiger partial charge is 0.351 e. The number of nitrogens with two attached hydrogens (primary N) is 1. The Hall–Kier alpha value is -2.77. The van der Waals surface area contributed by atoms with Crippen LogP contribution in [0.1, 0.15) is 26.5 Å². The van der Waals surface area contributed by atoms with Crippen LogP contribution in [-0.4, -0.2) is 66.4 Å². The van der Waals surface area contributed by atoms with Crippen molar-refractivity contribution in [2.24, 2.45) is 0 Å². The monoisotopic (exact) mass is 618 g/mol. The molecule has 15 heteroatoms. The molecule has 1 aromatic heterocycles. The van der Waals surface area contributed by atoms with Gasteiger partial charge in [-0.25, -0.2) is 18.7 Å². The number of halogens is 3. The van der Waals surface area contributed by atoms with Crippen LogP contribution >= 0.6 is 20.1 Å². The number of benzene rings is 2. The second kappa shape index (κ2) is 17.9. The lowest BCUT2D eigenvalue weighted by molar-refractivity contribution is -0.106. The quantitative estimate of drug-likeness (QED) is 0.222. The van der Waals surface area contributed by atoms with Crippen molar-refractivity contribution >= 4 is 43.0 Å². The van der Waals surface area contributed by atoms with Crippen molar-refractivity contribution in [3.8, 4) is 5.75 Å². The highest BCUT2D eigenvalue weighted by Gasteiger charge is 2.37. The third-order valence-corrected chi connectivity index (χ3v) is 6.93. The molecule has 2 heterocycles. The number of nitrogens with zero attached hydrogens (tertiary/aromatic N) is 2. The molecule has 4 N–H and O–H groups in total. The van der Waals surface area contributed by atoms with Gasteiger partial charge in [0.2, 0.25) is 6.93 Å². The molecule has 1 fully saturated rings. The molecule has 1 aliphatic rings. The van der Waals surface area contributed by atoms with Gasteiger partial charge in [-0.05, 0) is 36.8 Å². The molecule has 0 spiro atoms. The fourth-order valence-electron chi connectivity index (χ4n) is 3.41. The highest BCUT2D eigenvalue weighted by Crippen LogP contribution is 2.38. The molecule has 4 unspecified atom stereocenters. The number of nitrogens with one attached hydrogen (secondary N) is 1. The standard InChI is InChI=1S/C21H22ClN4O6P.C4H10O.CH2F2/c22-17-11-26(21(29)25-19(17)23)20-18(28)10-16(31-20)12-30-33(24-7-8-27)32-15-6-5-13-3-1-2-4-14(13)9-15;1-4(2)5-3;2-1-3/h1-6,8-9,11,16,18,20,24,28H,7,10,12H2,(H2,23,25,29);4H,1-3H3;1H2. The first-order chi connectivity index (χ1) is 19.6. The van der Waals surface area contributed by atoms with Crippen LogP contribution in [0, 0.1) is 0 Å². The molecule has 11 nitrogen and oxygen atoms in total. The summed E-state index contributed by atoms with van der Waals surface area (Å²) in [6.07, 6.45) is 0.0990. The Balaban J connectivity index is 0.000000653. The normalized spacial score (nSPS) is 18.7. The van der Waals surface area contributed by atoms with Crippen molar-refractivity contribution < 1.29 is 37.2 Å². The van der Waals surface area contributed by atoms with E-state index < -0.39 is 39.6 Å². The Kier molecular flexibility index (Phi) is 15.0. The summed E-state index contributed by atoms with van der Waals surface area (Å²) < 4.78 is 42.7. The Morgan fingerprint density at radius 3 is 2.59 bits per heavy atom. The fourth-order valence-corrected chi connectivity index (χ4v) is 4.60. The maximum absolute atomic E-state index is 12.1. The van der Waals surface area contributed by atoms with Gasteiger partial charge in [0.15, 0.2) is 6.23 Å². The second-order valence-corrected chi connectivity index (χ2v) is 10.4. The van der Waals surface area contributed by atoms with E-state index >= 15 is 0 Å². The maximum Gasteiger partial charge on any atom is 0.351 e. The number of hydrogen-bond donors (Lipinski definition) is 3. The molecular formula is C26H34ClF2N4O7P. The number of aromatic nitrogens is 2. The lowest BCUT2D eigenvalue weighted by Gasteiger charge is -2.20. The minimum atomic E-state index is -1.75. The number of ether oxygens (including phenoxy) is 2. The maximum atomic E-state index is 12.1. The summed E-state index contributed by atoms with van der Waals surface area (Å²) in [5.41, 5.74) is 4.86. The van der Waals surface area contributed by atoms with Crippen LogP contribution in [0.25, 0.3) is 10.8 Å². The zero-order valence-corrected chi connectivity index (χ0v) is 24.4. The summed E-state index contributed by atoms with van der Waals surface area (Å²) in [4.78, 5) is 26.6. The predicted octanol–water partition coefficient (Wildman–Crippen LogP) is 4.32. The van der Waals surface area contributed by atoms with Crippen molar-refractivity contribution in [3.63, 3.8) is 0 Å². The third kappa shape index (κ3) is 11.2. The van der Waals surface area contributed by atoms with Crippen molar-refractivity contribution in [3.05, 3.63) is 64.2 Å². The first-order valence-electron chi connectivity index (χ1n) is 12.4. The topological polar surface area (TPSA) is 147 Å². The van der Waals surface area contributed by atoms with Gasteiger partial charge in [0.25, 0.3) is 0 Å². The van der Waals surface area contributed by atoms with Crippen molar-refractivity contribution in [1.82, 2.24) is 14.6 Å². The summed E-state index contributed by atoms with van der Waals surface area (Å²) in [6, 6.07) is 13.5. The zero-order chi connectivity index (χ0) is 30.4. The van der Waals surface area contributed by atoms with Gasteiger partial charge >= 0.3 is 14.2 Å². The molecule has 1 aliphatic heterocycles. The molecule has 4 atom stereocenters. The Bertz CT molecular complexity index is 1290. The lowest BCUT2D eigenvalue weighted by Crippen LogP contribution is -2.32. The van der Waals surface area contributed by atoms with Gasteiger partial charge in [-0.3, -0.25) is 4.57 Å². The van der Waals surface area contributed by atoms with Gasteiger partial charge in [-0.15, -0.1) is 0 Å². The number of nitrogen functional groups attached to an aromatic ring is 1. The van der Waals surface area contributed by atoms with Crippen molar-refractivity contribution in [2.45, 2.75) is 44.8 Å². The molecule has 4 rings (SSSR count). The molecule has 0 aliphatic carbocycles. The molecule has 41 heavy (non-hydrogen) atoms. The van der Waals surface area contributed by atoms with Crippen molar-refractivity contribution in [1.29, 1.82) is 0 Å². The molecule has 1 saturated heterocycles. The Labute approximate surface area is 242 Å². The van der Waals surface area contributed by atoms with Crippen LogP contribution < -0.4 is 21.0 Å². The summed E-state index contributed by atoms with van der Waals surface area (Å²) >= 11 is 5.95. The summed E-state index contributed by atoms with van der Waals surface area (Å²) in [6.45, 7) is 2.35. The number of anilines is 1. The van der Waals surface area contributed by atoms with E-state index in [0.717, 1.165) is 15.3 Å². The highest BCUT2D eigenvalue weighted by atomic mass is 35.5. The number of methoxy groups -OCH3 is 1. The number of carbonyl (C=O) groups excluding carboxylic acids is 1. The number of aliphatic hydroxyl groups excluding tert-OH is 1. The van der Waals surface area contributed by atoms with Crippen LogP contribution in [0.5, 0.6) is 5.75 Å². The molecule has 0 amide bonds. The molecule has 2 aromatic carbocycles. The number of aldehydes is 1. The van der Waals surface area contributed by atoms with Gasteiger partial charge in [-0.1, -0.05) is 41.9 Å². The molecule has 3 aromatic rings. The van der Waals surface area contributed by atoms with Gasteiger partial charge in [0, 0.05) is 19.7 Å². The van der Waals surface area contributed by atoms with Gasteiger partial charge in [0.05, 0.1) is 30.4 Å². The van der Waals surface area contributed by atoms with Gasteiger partial charge in [-0.2, -0.15) is 4.98 Å². The largest absolute Gasteiger partial charge is 0.436 e. The number of carbonyl (C=O) groups is 1. The van der Waals surface area contributed by atoms with Crippen molar-refractivity contribution in [2.75, 3.05) is 32.9 Å². The molecule has 0 bridgehead atoms. The number of rotatable bonds is 10. The summed E-state index contributed by atoms with van der Waals surface area (Å²) in [5.74, 6) is 0.487. The van der Waals surface area contributed by atoms with E-state index in [1.54, 1.807) is 7.11 Å². The predicted molar refractivity (Wildman–Crippen MR) is 153 cm³/mol. The van der Waals surface area contributed by atoms with E-state index in [1.165, 1.54) is 6.20 Å². The van der Waals surface area contributed by atoms with Gasteiger partial charge in [0.1, 0.15) is 24.0 Å². The van der Waals surface area contributed by atoms with Crippen LogP contribution in [0.15, 0.2) is 53.5 Å². The minimum absolute atomic E-state index is 0.0427. The van der Waals surface area contributed by atoms with E-state index in [4.69, 9.17) is 35.9 Å². The van der Waals surface area contributed by atoms with Crippen LogP contribution in [0.2, 0.25) is 5.02 Å². The van der Waals surface area contributed by atoms with E-state index in [9.17, 15) is 23.5 Å². The van der Waals surface area contributed by atoms with E-state index in [1.807, 2.05) is 56.3 Å². The van der Waals surface area contributed by atoms with Crippen LogP contribution in [0.3, 0.4) is 0 Å². The third-order valence-electron chi connectivity index (χ3n) is 5.44. The molecule has 226 valence electrons. The van der Waals surface area contributed by atoms with Gasteiger partial charge < -0.3 is 34.2 Å². The SMILES string of the molecule is COC(C)C.FCF.Nc1nc(=O)n(C2OC(COP(NCC=O)Oc3ccc4ccccc4c3)CC2O)cc1Cl. The van der Waals surface area contributed by atoms with Crippen LogP contribution in [0.4, 0.5) is 14.6 Å². The molecular weight excluding hydrogens is 585 g/mol. The first kappa shape index (κ1) is 34.4. The summed E-state index contributed by atoms with van der Waals surface area (Å²) in [5, 5.41) is 15.5. The lowest BCUT2D eigenvalue weighted by atomic mass is 10.1. The number of alkyl halides is 2. The average Bonchev–Trinajstić information content (AvgIpc) is 3.32. The Morgan fingerprint density at radius 1 is 1.29 bits per heavy atom. The van der Waals surface area contributed by atoms with Crippen LogP contribution in [-0.2, 0) is 18.8 Å². The fraction of sp³-hybridized carbons (Fsp3) is 0.423. The molecule has 0 saturated carbocycles. The second-order valence-electron chi connectivity index (χ2n) is 8.68. The van der Waals surface area contributed by atoms with E-state index in [-0.39, 0.29) is 30.4 Å². The van der Waals surface area contributed by atoms with E-state index in [0.29, 0.717) is 18.1 Å². The zero-order valence-electron chi connectivity index (χ0n) is 22.8. The number of aliphatic hydroxyl groups is 1. The van der Waals surface area contributed by atoms with E-state index in [2.05, 4.69) is 10.1 Å². The number of fused-ring (bicyclic) bond motifs is 1. The average molecular weight is 619 g/mol. The number of hydrogen-bond acceptors (Lipinski definition) is 10. The molecule has 0 radical (unpaired) electrons. The highest BCUT2D eigenvalue weighted by molar-refractivity contribution is 7.45.